The Morgan fingerprint density at radius 1 is 1.19 bits per heavy atom. The van der Waals surface area contributed by atoms with E-state index in [1.54, 1.807) is 6.26 Å². The predicted molar refractivity (Wildman–Crippen MR) is 89.6 cm³/mol. The van der Waals surface area contributed by atoms with Crippen molar-refractivity contribution in [1.29, 1.82) is 0 Å². The van der Waals surface area contributed by atoms with Gasteiger partial charge in [-0.3, -0.25) is 0 Å². The number of ether oxygens (including phenoxy) is 2. The molecule has 1 aliphatic rings. The summed E-state index contributed by atoms with van der Waals surface area (Å²) < 4.78 is 11.2. The van der Waals surface area contributed by atoms with Gasteiger partial charge in [0, 0.05) is 17.4 Å². The van der Waals surface area contributed by atoms with Gasteiger partial charge in [0.2, 0.25) is 0 Å². The Hall–Kier alpha value is -1.22. The van der Waals surface area contributed by atoms with Gasteiger partial charge in [0.15, 0.2) is 5.57 Å². The van der Waals surface area contributed by atoms with Crippen LogP contribution in [-0.4, -0.2) is 24.0 Å². The van der Waals surface area contributed by atoms with Gasteiger partial charge in [-0.2, -0.15) is 0 Å². The van der Waals surface area contributed by atoms with Crippen LogP contribution in [0.1, 0.15) is 13.8 Å². The van der Waals surface area contributed by atoms with E-state index in [0.29, 0.717) is 5.03 Å². The zero-order chi connectivity index (χ0) is 15.6. The van der Waals surface area contributed by atoms with Crippen molar-refractivity contribution in [2.75, 3.05) is 11.6 Å². The summed E-state index contributed by atoms with van der Waals surface area (Å²) in [4.78, 5) is 24.1. The summed E-state index contributed by atoms with van der Waals surface area (Å²) in [7, 11) is 0. The third-order valence-corrected chi connectivity index (χ3v) is 4.29. The van der Waals surface area contributed by atoms with Gasteiger partial charge < -0.3 is 14.8 Å². The van der Waals surface area contributed by atoms with Crippen LogP contribution in [-0.2, 0) is 19.1 Å². The molecule has 0 saturated carbocycles. The van der Waals surface area contributed by atoms with E-state index in [9.17, 15) is 9.59 Å². The maximum Gasteiger partial charge on any atom is 0.351 e. The highest BCUT2D eigenvalue weighted by molar-refractivity contribution is 14.1. The Morgan fingerprint density at radius 3 is 2.29 bits per heavy atom. The number of hydrogen-bond acceptors (Lipinski definition) is 6. The topological polar surface area (TPSA) is 64.6 Å². The molecule has 1 fully saturated rings. The van der Waals surface area contributed by atoms with Crippen molar-refractivity contribution in [3.05, 3.63) is 38.4 Å². The molecular formula is C14H14INO4S. The molecule has 1 aromatic carbocycles. The first-order valence-corrected chi connectivity index (χ1v) is 8.41. The number of anilines is 1. The number of nitrogens with one attached hydrogen (secondary N) is 1. The van der Waals surface area contributed by atoms with E-state index in [2.05, 4.69) is 27.9 Å². The lowest BCUT2D eigenvalue weighted by atomic mass is 10.2. The normalized spacial score (nSPS) is 17.0. The third-order valence-electron chi connectivity index (χ3n) is 2.64. The molecule has 7 heteroatoms. The van der Waals surface area contributed by atoms with Crippen LogP contribution in [0, 0.1) is 3.57 Å². The summed E-state index contributed by atoms with van der Waals surface area (Å²) in [6.45, 7) is 3.04. The number of benzene rings is 1. The summed E-state index contributed by atoms with van der Waals surface area (Å²) in [5.41, 5.74) is 0.696. The molecule has 1 saturated heterocycles. The van der Waals surface area contributed by atoms with E-state index in [1.807, 2.05) is 24.3 Å². The molecule has 0 aromatic heterocycles. The average Bonchev–Trinajstić information content (AvgIpc) is 2.37. The van der Waals surface area contributed by atoms with E-state index in [1.165, 1.54) is 25.6 Å². The second-order valence-electron chi connectivity index (χ2n) is 4.69. The first-order chi connectivity index (χ1) is 9.84. The van der Waals surface area contributed by atoms with Gasteiger partial charge in [-0.25, -0.2) is 9.59 Å². The SMILES string of the molecule is CSC(Nc1ccccc1I)=C1C(=O)OC(C)(C)OC1=O. The number of carbonyl (C=O) groups is 2. The van der Waals surface area contributed by atoms with Crippen molar-refractivity contribution in [2.45, 2.75) is 19.6 Å². The number of para-hydroxylation sites is 1. The van der Waals surface area contributed by atoms with Crippen molar-refractivity contribution in [1.82, 2.24) is 0 Å². The highest BCUT2D eigenvalue weighted by Gasteiger charge is 2.41. The fraction of sp³-hybridized carbons (Fsp3) is 0.286. The Labute approximate surface area is 140 Å². The molecule has 1 aromatic rings. The van der Waals surface area contributed by atoms with Gasteiger partial charge >= 0.3 is 11.9 Å². The van der Waals surface area contributed by atoms with Crippen LogP contribution in [0.2, 0.25) is 0 Å². The molecule has 1 aliphatic heterocycles. The van der Waals surface area contributed by atoms with Crippen LogP contribution in [0.15, 0.2) is 34.9 Å². The molecule has 0 unspecified atom stereocenters. The second kappa shape index (κ2) is 6.27. The molecule has 1 N–H and O–H groups in total. The Kier molecular flexibility index (Phi) is 4.82. The number of carbonyl (C=O) groups excluding carboxylic acids is 2. The molecule has 1 heterocycles. The van der Waals surface area contributed by atoms with Crippen LogP contribution in [0.3, 0.4) is 0 Å². The quantitative estimate of drug-likeness (QED) is 0.352. The minimum atomic E-state index is -1.23. The maximum atomic E-state index is 12.1. The summed E-state index contributed by atoms with van der Waals surface area (Å²) in [5.74, 6) is -2.60. The number of cyclic esters (lactones) is 2. The molecule has 0 radical (unpaired) electrons. The van der Waals surface area contributed by atoms with Gasteiger partial charge in [0.05, 0.1) is 10.7 Å². The molecule has 2 rings (SSSR count). The van der Waals surface area contributed by atoms with Gasteiger partial charge in [-0.15, -0.1) is 11.8 Å². The van der Waals surface area contributed by atoms with Crippen molar-refractivity contribution >= 4 is 52.0 Å². The molecule has 0 atom stereocenters. The average molecular weight is 419 g/mol. The van der Waals surface area contributed by atoms with E-state index in [4.69, 9.17) is 9.47 Å². The first kappa shape index (κ1) is 16.2. The molecule has 0 amide bonds. The number of hydrogen-bond donors (Lipinski definition) is 1. The minimum absolute atomic E-state index is 0.110. The van der Waals surface area contributed by atoms with Gasteiger partial charge in [-0.05, 0) is 41.0 Å². The van der Waals surface area contributed by atoms with Crippen molar-refractivity contribution < 1.29 is 19.1 Å². The fourth-order valence-electron chi connectivity index (χ4n) is 1.74. The van der Waals surface area contributed by atoms with Gasteiger partial charge in [-0.1, -0.05) is 12.1 Å². The first-order valence-electron chi connectivity index (χ1n) is 6.10. The van der Waals surface area contributed by atoms with Gasteiger partial charge in [0.25, 0.3) is 5.79 Å². The van der Waals surface area contributed by atoms with Gasteiger partial charge in [0.1, 0.15) is 0 Å². The van der Waals surface area contributed by atoms with Crippen LogP contribution < -0.4 is 5.32 Å². The van der Waals surface area contributed by atoms with Crippen LogP contribution in [0.5, 0.6) is 0 Å². The van der Waals surface area contributed by atoms with E-state index in [-0.39, 0.29) is 5.57 Å². The standard InChI is InChI=1S/C14H14INO4S/c1-14(2)19-12(17)10(13(18)20-14)11(21-3)16-9-7-5-4-6-8(9)15/h4-7,16H,1-3H3. The fourth-order valence-corrected chi connectivity index (χ4v) is 2.84. The molecule has 112 valence electrons. The van der Waals surface area contributed by atoms with Crippen LogP contribution in [0.25, 0.3) is 0 Å². The highest BCUT2D eigenvalue weighted by atomic mass is 127. The number of thioether (sulfide) groups is 1. The monoisotopic (exact) mass is 419 g/mol. The van der Waals surface area contributed by atoms with Crippen LogP contribution >= 0.6 is 34.4 Å². The number of halogens is 1. The van der Waals surface area contributed by atoms with E-state index < -0.39 is 17.7 Å². The summed E-state index contributed by atoms with van der Waals surface area (Å²) in [6, 6.07) is 7.56. The van der Waals surface area contributed by atoms with Crippen LogP contribution in [0.4, 0.5) is 5.69 Å². The molecule has 21 heavy (non-hydrogen) atoms. The van der Waals surface area contributed by atoms with E-state index in [0.717, 1.165) is 9.26 Å². The predicted octanol–water partition coefficient (Wildman–Crippen LogP) is 3.11. The van der Waals surface area contributed by atoms with E-state index >= 15 is 0 Å². The molecule has 5 nitrogen and oxygen atoms in total. The molecule has 0 spiro atoms. The summed E-state index contributed by atoms with van der Waals surface area (Å²) in [5, 5.41) is 3.50. The highest BCUT2D eigenvalue weighted by Crippen LogP contribution is 2.30. The minimum Gasteiger partial charge on any atom is -0.419 e. The van der Waals surface area contributed by atoms with Crippen molar-refractivity contribution in [3.8, 4) is 0 Å². The zero-order valence-electron chi connectivity index (χ0n) is 11.7. The van der Waals surface area contributed by atoms with Crippen molar-refractivity contribution in [2.24, 2.45) is 0 Å². The number of esters is 2. The number of rotatable bonds is 3. The Balaban J connectivity index is 2.37. The van der Waals surface area contributed by atoms with Crippen molar-refractivity contribution in [3.63, 3.8) is 0 Å². The largest absolute Gasteiger partial charge is 0.419 e. The third kappa shape index (κ3) is 3.70. The lowest BCUT2D eigenvalue weighted by Crippen LogP contribution is -2.42. The maximum absolute atomic E-state index is 12.1. The molecule has 0 bridgehead atoms. The second-order valence-corrected chi connectivity index (χ2v) is 6.67. The summed E-state index contributed by atoms with van der Waals surface area (Å²) >= 11 is 3.42. The molecular weight excluding hydrogens is 405 g/mol. The lowest BCUT2D eigenvalue weighted by molar-refractivity contribution is -0.222. The Bertz CT molecular complexity index is 605. The Morgan fingerprint density at radius 2 is 1.76 bits per heavy atom. The smallest absolute Gasteiger partial charge is 0.351 e. The summed E-state index contributed by atoms with van der Waals surface area (Å²) in [6.07, 6.45) is 1.77. The molecule has 0 aliphatic carbocycles. The lowest BCUT2D eigenvalue weighted by Gasteiger charge is -2.30. The zero-order valence-corrected chi connectivity index (χ0v) is 14.7.